The van der Waals surface area contributed by atoms with Gasteiger partial charge in [-0.3, -0.25) is 0 Å². The number of urea groups is 1. The highest BCUT2D eigenvalue weighted by Crippen LogP contribution is 2.26. The highest BCUT2D eigenvalue weighted by atomic mass is 35.5. The summed E-state index contributed by atoms with van der Waals surface area (Å²) >= 11 is 17.5. The highest BCUT2D eigenvalue weighted by molar-refractivity contribution is 7.82. The third-order valence-corrected chi connectivity index (χ3v) is 5.82. The molecule has 0 aliphatic carbocycles. The number of hydrogen-bond donors (Lipinski definition) is 2. The Morgan fingerprint density at radius 1 is 1.13 bits per heavy atom. The van der Waals surface area contributed by atoms with E-state index >= 15 is 0 Å². The number of carbonyl (C=O) groups is 2. The molecule has 0 atom stereocenters. The number of thiazole rings is 1. The maximum atomic E-state index is 12.4. The molecule has 2 aromatic carbocycles. The minimum Gasteiger partial charge on any atom is -0.422 e. The quantitative estimate of drug-likeness (QED) is 0.242. The number of aromatic nitrogens is 1. The zero-order valence-electron chi connectivity index (χ0n) is 15.9. The first-order valence-corrected chi connectivity index (χ1v) is 10.8. The molecular weight excluding hydrogens is 465 g/mol. The Hall–Kier alpha value is -2.26. The molecule has 3 aromatic rings. The van der Waals surface area contributed by atoms with Gasteiger partial charge in [0, 0.05) is 27.0 Å². The van der Waals surface area contributed by atoms with Crippen molar-refractivity contribution in [1.29, 1.82) is 0 Å². The van der Waals surface area contributed by atoms with Crippen LogP contribution in [0.1, 0.15) is 35.3 Å². The van der Waals surface area contributed by atoms with E-state index in [2.05, 4.69) is 23.1 Å². The van der Waals surface area contributed by atoms with Crippen molar-refractivity contribution in [3.8, 4) is 5.75 Å². The van der Waals surface area contributed by atoms with Gasteiger partial charge in [0.2, 0.25) is 0 Å². The van der Waals surface area contributed by atoms with Gasteiger partial charge in [0.15, 0.2) is 5.69 Å². The first-order chi connectivity index (χ1) is 14.2. The van der Waals surface area contributed by atoms with Crippen molar-refractivity contribution in [3.63, 3.8) is 0 Å². The van der Waals surface area contributed by atoms with Crippen molar-refractivity contribution in [3.05, 3.63) is 68.6 Å². The number of nitrogens with zero attached hydrogens (tertiary/aromatic N) is 2. The predicted octanol–water partition coefficient (Wildman–Crippen LogP) is 6.68. The summed E-state index contributed by atoms with van der Waals surface area (Å²) in [6.45, 7) is 4.01. The number of hydrogen-bond acceptors (Lipinski definition) is 6. The SMILES string of the molecule is CC(C)c1nc(C(=O)Oc2ccc(N(S)C(=O)Nc3cc(Cl)cc(Cl)c3)cc2)cs1. The van der Waals surface area contributed by atoms with Crippen molar-refractivity contribution < 1.29 is 14.3 Å². The number of carbonyl (C=O) groups excluding carboxylic acids is 2. The van der Waals surface area contributed by atoms with Crippen LogP contribution in [0.5, 0.6) is 5.75 Å². The normalized spacial score (nSPS) is 10.7. The van der Waals surface area contributed by atoms with E-state index in [0.717, 1.165) is 9.31 Å². The number of esters is 1. The van der Waals surface area contributed by atoms with Gasteiger partial charge < -0.3 is 10.1 Å². The molecule has 1 heterocycles. The molecular formula is C20H17Cl2N3O3S2. The van der Waals surface area contributed by atoms with E-state index < -0.39 is 12.0 Å². The molecule has 0 bridgehead atoms. The van der Waals surface area contributed by atoms with Crippen LogP contribution in [-0.4, -0.2) is 17.0 Å². The lowest BCUT2D eigenvalue weighted by Gasteiger charge is -2.17. The maximum absolute atomic E-state index is 12.4. The molecule has 0 radical (unpaired) electrons. The van der Waals surface area contributed by atoms with E-state index in [1.54, 1.807) is 47.8 Å². The molecule has 1 N–H and O–H groups in total. The van der Waals surface area contributed by atoms with Gasteiger partial charge in [-0.25, -0.2) is 18.9 Å². The fourth-order valence-corrected chi connectivity index (χ4v) is 3.89. The average Bonchev–Trinajstić information content (AvgIpc) is 3.18. The first-order valence-electron chi connectivity index (χ1n) is 8.76. The predicted molar refractivity (Wildman–Crippen MR) is 125 cm³/mol. The summed E-state index contributed by atoms with van der Waals surface area (Å²) in [6, 6.07) is 10.5. The molecule has 0 aliphatic heterocycles. The molecule has 1 aromatic heterocycles. The number of anilines is 2. The fourth-order valence-electron chi connectivity index (χ4n) is 2.38. The summed E-state index contributed by atoms with van der Waals surface area (Å²) in [4.78, 5) is 28.9. The van der Waals surface area contributed by atoms with E-state index in [4.69, 9.17) is 27.9 Å². The van der Waals surface area contributed by atoms with Crippen LogP contribution in [0.2, 0.25) is 10.0 Å². The van der Waals surface area contributed by atoms with Crippen LogP contribution in [0.25, 0.3) is 0 Å². The molecule has 30 heavy (non-hydrogen) atoms. The van der Waals surface area contributed by atoms with Crippen LogP contribution in [0.15, 0.2) is 47.8 Å². The van der Waals surface area contributed by atoms with Gasteiger partial charge in [0.1, 0.15) is 5.75 Å². The summed E-state index contributed by atoms with van der Waals surface area (Å²) < 4.78 is 6.45. The number of amides is 2. The van der Waals surface area contributed by atoms with Crippen LogP contribution in [0.3, 0.4) is 0 Å². The number of halogens is 2. The first kappa shape index (κ1) is 22.4. The lowest BCUT2D eigenvalue weighted by atomic mass is 10.2. The van der Waals surface area contributed by atoms with Crippen LogP contribution >= 0.6 is 47.4 Å². The lowest BCUT2D eigenvalue weighted by Crippen LogP contribution is -2.26. The highest BCUT2D eigenvalue weighted by Gasteiger charge is 2.16. The zero-order valence-corrected chi connectivity index (χ0v) is 19.1. The molecule has 0 aliphatic rings. The van der Waals surface area contributed by atoms with Crippen LogP contribution in [0, 0.1) is 0 Å². The number of ether oxygens (including phenoxy) is 1. The molecule has 6 nitrogen and oxygen atoms in total. The molecule has 0 saturated carbocycles. The second-order valence-corrected chi connectivity index (χ2v) is 8.67. The van der Waals surface area contributed by atoms with Gasteiger partial charge in [0.25, 0.3) is 0 Å². The molecule has 0 fully saturated rings. The van der Waals surface area contributed by atoms with Crippen molar-refractivity contribution in [2.45, 2.75) is 19.8 Å². The zero-order chi connectivity index (χ0) is 21.8. The van der Waals surface area contributed by atoms with E-state index in [9.17, 15) is 9.59 Å². The van der Waals surface area contributed by atoms with Gasteiger partial charge in [-0.05, 0) is 42.5 Å². The minimum absolute atomic E-state index is 0.242. The largest absolute Gasteiger partial charge is 0.422 e. The summed E-state index contributed by atoms with van der Waals surface area (Å²) in [5.74, 6) is 0.0297. The lowest BCUT2D eigenvalue weighted by molar-refractivity contribution is 0.0729. The number of rotatable bonds is 5. The molecule has 0 saturated heterocycles. The van der Waals surface area contributed by atoms with Crippen LogP contribution < -0.4 is 14.4 Å². The van der Waals surface area contributed by atoms with E-state index in [-0.39, 0.29) is 11.6 Å². The van der Waals surface area contributed by atoms with Gasteiger partial charge in [0.05, 0.1) is 10.7 Å². The smallest absolute Gasteiger partial charge is 0.363 e. The van der Waals surface area contributed by atoms with Gasteiger partial charge in [-0.1, -0.05) is 49.9 Å². The minimum atomic E-state index is -0.538. The van der Waals surface area contributed by atoms with Crippen LogP contribution in [0.4, 0.5) is 16.2 Å². The third-order valence-electron chi connectivity index (χ3n) is 3.82. The molecule has 3 rings (SSSR count). The van der Waals surface area contributed by atoms with E-state index in [0.29, 0.717) is 27.2 Å². The average molecular weight is 482 g/mol. The van der Waals surface area contributed by atoms with Gasteiger partial charge in [-0.2, -0.15) is 0 Å². The molecule has 156 valence electrons. The Kier molecular flexibility index (Phi) is 7.25. The topological polar surface area (TPSA) is 71.5 Å². The Balaban J connectivity index is 1.63. The maximum Gasteiger partial charge on any atom is 0.363 e. The molecule has 2 amide bonds. The Bertz CT molecular complexity index is 1050. The second kappa shape index (κ2) is 9.70. The summed E-state index contributed by atoms with van der Waals surface area (Å²) in [5.41, 5.74) is 1.17. The molecule has 0 unspecified atom stereocenters. The van der Waals surface area contributed by atoms with Crippen molar-refractivity contribution in [2.24, 2.45) is 0 Å². The number of nitrogens with one attached hydrogen (secondary N) is 1. The van der Waals surface area contributed by atoms with Crippen molar-refractivity contribution in [2.75, 3.05) is 9.62 Å². The van der Waals surface area contributed by atoms with Gasteiger partial charge in [-0.15, -0.1) is 11.3 Å². The number of benzene rings is 2. The summed E-state index contributed by atoms with van der Waals surface area (Å²) in [5, 5.41) is 5.99. The van der Waals surface area contributed by atoms with Gasteiger partial charge >= 0.3 is 12.0 Å². The Labute approximate surface area is 193 Å². The fraction of sp³-hybridized carbons (Fsp3) is 0.150. The summed E-state index contributed by atoms with van der Waals surface area (Å²) in [6.07, 6.45) is 0. The van der Waals surface area contributed by atoms with Crippen molar-refractivity contribution >= 4 is 70.7 Å². The Morgan fingerprint density at radius 2 is 1.77 bits per heavy atom. The monoisotopic (exact) mass is 481 g/mol. The van der Waals surface area contributed by atoms with Crippen LogP contribution in [-0.2, 0) is 0 Å². The second-order valence-electron chi connectivity index (χ2n) is 6.51. The van der Waals surface area contributed by atoms with E-state index in [1.165, 1.54) is 11.3 Å². The summed E-state index contributed by atoms with van der Waals surface area (Å²) in [7, 11) is 0. The number of thiol groups is 1. The molecule has 0 spiro atoms. The van der Waals surface area contributed by atoms with E-state index in [1.807, 2.05) is 13.8 Å². The standard InChI is InChI=1S/C20H17Cl2N3O3S2/c1-11(2)18-24-17(10-30-18)19(26)28-16-5-3-15(4-6-16)25(29)20(27)23-14-8-12(21)7-13(22)9-14/h3-11,29H,1-2H3,(H,23,27). The third kappa shape index (κ3) is 5.66. The Morgan fingerprint density at radius 3 is 2.33 bits per heavy atom. The van der Waals surface area contributed by atoms with Crippen molar-refractivity contribution in [1.82, 2.24) is 4.98 Å². The molecule has 10 heteroatoms.